The first-order valence-corrected chi connectivity index (χ1v) is 7.52. The number of epoxide rings is 1. The molecule has 0 amide bonds. The summed E-state index contributed by atoms with van der Waals surface area (Å²) in [6, 6.07) is 8.67. The van der Waals surface area contributed by atoms with Crippen LogP contribution in [-0.4, -0.2) is 24.2 Å². The van der Waals surface area contributed by atoms with E-state index in [1.54, 1.807) is 0 Å². The van der Waals surface area contributed by atoms with Gasteiger partial charge in [0.15, 0.2) is 0 Å². The molecule has 1 aromatic carbocycles. The van der Waals surface area contributed by atoms with Crippen molar-refractivity contribution >= 4 is 16.6 Å². The Morgan fingerprint density at radius 1 is 1.35 bits per heavy atom. The SMILES string of the molecule is CCc1cc(C)nc2ccc(NCCCC3CO3)cc12. The summed E-state index contributed by atoms with van der Waals surface area (Å²) >= 11 is 0. The number of aromatic nitrogens is 1. The van der Waals surface area contributed by atoms with Crippen LogP contribution in [0.5, 0.6) is 0 Å². The highest BCUT2D eigenvalue weighted by molar-refractivity contribution is 5.85. The molecule has 20 heavy (non-hydrogen) atoms. The van der Waals surface area contributed by atoms with Gasteiger partial charge in [-0.25, -0.2) is 0 Å². The van der Waals surface area contributed by atoms with Gasteiger partial charge in [-0.15, -0.1) is 0 Å². The zero-order valence-corrected chi connectivity index (χ0v) is 12.3. The van der Waals surface area contributed by atoms with Gasteiger partial charge in [-0.2, -0.15) is 0 Å². The summed E-state index contributed by atoms with van der Waals surface area (Å²) in [6.45, 7) is 6.22. The van der Waals surface area contributed by atoms with Gasteiger partial charge in [0, 0.05) is 23.3 Å². The van der Waals surface area contributed by atoms with Crippen LogP contribution in [0.3, 0.4) is 0 Å². The predicted octanol–water partition coefficient (Wildman–Crippen LogP) is 3.70. The van der Waals surface area contributed by atoms with Gasteiger partial charge >= 0.3 is 0 Å². The highest BCUT2D eigenvalue weighted by atomic mass is 16.6. The number of hydrogen-bond donors (Lipinski definition) is 1. The number of aryl methyl sites for hydroxylation is 2. The van der Waals surface area contributed by atoms with E-state index in [0.29, 0.717) is 6.10 Å². The third-order valence-corrected chi connectivity index (χ3v) is 3.84. The molecule has 106 valence electrons. The maximum absolute atomic E-state index is 5.22. The van der Waals surface area contributed by atoms with Gasteiger partial charge < -0.3 is 10.1 Å². The van der Waals surface area contributed by atoms with Crippen LogP contribution in [0.1, 0.15) is 31.0 Å². The van der Waals surface area contributed by atoms with E-state index >= 15 is 0 Å². The summed E-state index contributed by atoms with van der Waals surface area (Å²) in [5, 5.41) is 4.77. The molecular formula is C17H22N2O. The van der Waals surface area contributed by atoms with E-state index in [1.165, 1.54) is 23.1 Å². The quantitative estimate of drug-likeness (QED) is 0.642. The number of pyridine rings is 1. The van der Waals surface area contributed by atoms with Crippen LogP contribution in [0, 0.1) is 6.92 Å². The van der Waals surface area contributed by atoms with Crippen molar-refractivity contribution in [2.24, 2.45) is 0 Å². The van der Waals surface area contributed by atoms with Crippen molar-refractivity contribution in [1.82, 2.24) is 4.98 Å². The average molecular weight is 270 g/mol. The minimum Gasteiger partial charge on any atom is -0.385 e. The zero-order chi connectivity index (χ0) is 13.9. The molecule has 1 N–H and O–H groups in total. The third-order valence-electron chi connectivity index (χ3n) is 3.84. The van der Waals surface area contributed by atoms with Crippen molar-refractivity contribution < 1.29 is 4.74 Å². The molecule has 3 rings (SSSR count). The number of nitrogens with zero attached hydrogens (tertiary/aromatic N) is 1. The number of hydrogen-bond acceptors (Lipinski definition) is 3. The van der Waals surface area contributed by atoms with Crippen molar-refractivity contribution in [2.45, 2.75) is 39.2 Å². The number of rotatable bonds is 6. The lowest BCUT2D eigenvalue weighted by Crippen LogP contribution is -2.03. The monoisotopic (exact) mass is 270 g/mol. The van der Waals surface area contributed by atoms with Crippen LogP contribution in [0.25, 0.3) is 10.9 Å². The topological polar surface area (TPSA) is 37.5 Å². The van der Waals surface area contributed by atoms with Crippen LogP contribution in [0.15, 0.2) is 24.3 Å². The van der Waals surface area contributed by atoms with Crippen LogP contribution >= 0.6 is 0 Å². The second kappa shape index (κ2) is 5.80. The maximum Gasteiger partial charge on any atom is 0.0810 e. The predicted molar refractivity (Wildman–Crippen MR) is 83.3 cm³/mol. The third kappa shape index (κ3) is 3.10. The molecule has 0 spiro atoms. The molecule has 1 aromatic heterocycles. The van der Waals surface area contributed by atoms with Crippen LogP contribution in [-0.2, 0) is 11.2 Å². The Bertz CT molecular complexity index is 605. The fourth-order valence-electron chi connectivity index (χ4n) is 2.64. The van der Waals surface area contributed by atoms with Crippen molar-refractivity contribution in [2.75, 3.05) is 18.5 Å². The van der Waals surface area contributed by atoms with E-state index in [0.717, 1.165) is 37.2 Å². The molecule has 1 fully saturated rings. The largest absolute Gasteiger partial charge is 0.385 e. The normalized spacial score (nSPS) is 17.4. The Morgan fingerprint density at radius 3 is 2.95 bits per heavy atom. The lowest BCUT2D eigenvalue weighted by Gasteiger charge is -2.10. The molecule has 0 saturated carbocycles. The minimum atomic E-state index is 0.535. The summed E-state index contributed by atoms with van der Waals surface area (Å²) < 4.78 is 5.22. The smallest absolute Gasteiger partial charge is 0.0810 e. The van der Waals surface area contributed by atoms with Gasteiger partial charge in [0.2, 0.25) is 0 Å². The Labute approximate surface area is 120 Å². The molecular weight excluding hydrogens is 248 g/mol. The fourth-order valence-corrected chi connectivity index (χ4v) is 2.64. The minimum absolute atomic E-state index is 0.535. The molecule has 0 bridgehead atoms. The van der Waals surface area contributed by atoms with Crippen molar-refractivity contribution in [3.8, 4) is 0 Å². The molecule has 3 heteroatoms. The van der Waals surface area contributed by atoms with E-state index in [1.807, 2.05) is 0 Å². The van der Waals surface area contributed by atoms with Gasteiger partial charge in [0.05, 0.1) is 18.2 Å². The number of fused-ring (bicyclic) bond motifs is 1. The summed E-state index contributed by atoms with van der Waals surface area (Å²) in [6.07, 6.45) is 3.91. The van der Waals surface area contributed by atoms with Crippen LogP contribution < -0.4 is 5.32 Å². The van der Waals surface area contributed by atoms with Gasteiger partial charge in [-0.3, -0.25) is 4.98 Å². The van der Waals surface area contributed by atoms with Crippen molar-refractivity contribution in [1.29, 1.82) is 0 Å². The van der Waals surface area contributed by atoms with Gasteiger partial charge in [-0.05, 0) is 56.0 Å². The molecule has 1 unspecified atom stereocenters. The summed E-state index contributed by atoms with van der Waals surface area (Å²) in [5.41, 5.74) is 4.76. The van der Waals surface area contributed by atoms with Crippen LogP contribution in [0.4, 0.5) is 5.69 Å². The average Bonchev–Trinajstić information content (AvgIpc) is 3.27. The summed E-state index contributed by atoms with van der Waals surface area (Å²) in [7, 11) is 0. The standard InChI is InChI=1S/C17H22N2O/c1-3-13-9-12(2)19-17-7-6-14(10-16(13)17)18-8-4-5-15-11-20-15/h6-7,9-10,15,18H,3-5,8,11H2,1-2H3. The number of nitrogens with one attached hydrogen (secondary N) is 1. The highest BCUT2D eigenvalue weighted by Crippen LogP contribution is 2.23. The lowest BCUT2D eigenvalue weighted by molar-refractivity contribution is 0.394. The van der Waals surface area contributed by atoms with E-state index in [-0.39, 0.29) is 0 Å². The molecule has 1 aliphatic heterocycles. The van der Waals surface area contributed by atoms with Crippen molar-refractivity contribution in [3.05, 3.63) is 35.5 Å². The first-order valence-electron chi connectivity index (χ1n) is 7.52. The van der Waals surface area contributed by atoms with Gasteiger partial charge in [0.25, 0.3) is 0 Å². The van der Waals surface area contributed by atoms with Crippen LogP contribution in [0.2, 0.25) is 0 Å². The molecule has 1 aliphatic rings. The lowest BCUT2D eigenvalue weighted by atomic mass is 10.0. The van der Waals surface area contributed by atoms with Crippen molar-refractivity contribution in [3.63, 3.8) is 0 Å². The number of ether oxygens (including phenoxy) is 1. The molecule has 3 nitrogen and oxygen atoms in total. The molecule has 0 aliphatic carbocycles. The number of benzene rings is 1. The molecule has 1 saturated heterocycles. The van der Waals surface area contributed by atoms with E-state index in [9.17, 15) is 0 Å². The Balaban J connectivity index is 1.73. The summed E-state index contributed by atoms with van der Waals surface area (Å²) in [5.74, 6) is 0. The second-order valence-electron chi connectivity index (χ2n) is 5.53. The highest BCUT2D eigenvalue weighted by Gasteiger charge is 2.20. The second-order valence-corrected chi connectivity index (χ2v) is 5.53. The maximum atomic E-state index is 5.22. The first-order chi connectivity index (χ1) is 9.76. The number of anilines is 1. The molecule has 2 aromatic rings. The van der Waals surface area contributed by atoms with Gasteiger partial charge in [-0.1, -0.05) is 6.92 Å². The summed E-state index contributed by atoms with van der Waals surface area (Å²) in [4.78, 5) is 4.61. The first kappa shape index (κ1) is 13.4. The Morgan fingerprint density at radius 2 is 2.20 bits per heavy atom. The van der Waals surface area contributed by atoms with E-state index in [4.69, 9.17) is 4.74 Å². The fraction of sp³-hybridized carbons (Fsp3) is 0.471. The van der Waals surface area contributed by atoms with Gasteiger partial charge in [0.1, 0.15) is 0 Å². The molecule has 2 heterocycles. The van der Waals surface area contributed by atoms with E-state index < -0.39 is 0 Å². The molecule has 1 atom stereocenters. The Kier molecular flexibility index (Phi) is 3.88. The zero-order valence-electron chi connectivity index (χ0n) is 12.3. The van der Waals surface area contributed by atoms with E-state index in [2.05, 4.69) is 48.4 Å². The molecule has 0 radical (unpaired) electrons. The Hall–Kier alpha value is -1.61.